The second kappa shape index (κ2) is 5.73. The zero-order valence-electron chi connectivity index (χ0n) is 8.64. The fraction of sp³-hybridized carbons (Fsp3) is 0. The third-order valence-corrected chi connectivity index (χ3v) is 4.41. The third kappa shape index (κ3) is 3.14. The van der Waals surface area contributed by atoms with Gasteiger partial charge >= 0.3 is 0 Å². The van der Waals surface area contributed by atoms with E-state index in [1.807, 2.05) is 0 Å². The molecule has 2 aromatic rings. The Bertz CT molecular complexity index is 594. The van der Waals surface area contributed by atoms with Gasteiger partial charge in [-0.05, 0) is 40.8 Å². The standard InChI is InChI=1S/C11H5Cl2FINOS/c12-7-2-6(3-8(13)10(7)14)16-11(17)5-1-9(15)18-4-5/h1-4H,(H,16,17). The van der Waals surface area contributed by atoms with E-state index in [-0.39, 0.29) is 16.0 Å². The van der Waals surface area contributed by atoms with Gasteiger partial charge in [-0.15, -0.1) is 11.3 Å². The highest BCUT2D eigenvalue weighted by atomic mass is 127. The maximum absolute atomic E-state index is 13.2. The molecule has 0 spiro atoms. The quantitative estimate of drug-likeness (QED) is 0.539. The predicted octanol–water partition coefficient (Wildman–Crippen LogP) is 5.05. The monoisotopic (exact) mass is 415 g/mol. The first-order valence-corrected chi connectivity index (χ1v) is 7.38. The summed E-state index contributed by atoms with van der Waals surface area (Å²) in [5, 5.41) is 4.09. The number of thiophene rings is 1. The van der Waals surface area contributed by atoms with E-state index in [2.05, 4.69) is 27.9 Å². The van der Waals surface area contributed by atoms with Gasteiger partial charge in [0.05, 0.1) is 18.5 Å². The number of carbonyl (C=O) groups excluding carboxylic acids is 1. The van der Waals surface area contributed by atoms with Crippen molar-refractivity contribution in [2.45, 2.75) is 0 Å². The largest absolute Gasteiger partial charge is 0.322 e. The predicted molar refractivity (Wildman–Crippen MR) is 81.4 cm³/mol. The molecule has 1 N–H and O–H groups in total. The minimum atomic E-state index is -0.693. The Kier molecular flexibility index (Phi) is 4.47. The summed E-state index contributed by atoms with van der Waals surface area (Å²) in [6, 6.07) is 4.39. The lowest BCUT2D eigenvalue weighted by molar-refractivity contribution is 0.102. The smallest absolute Gasteiger partial charge is 0.256 e. The van der Waals surface area contributed by atoms with E-state index in [9.17, 15) is 9.18 Å². The average molecular weight is 416 g/mol. The number of halogens is 4. The summed E-state index contributed by atoms with van der Waals surface area (Å²) in [5.41, 5.74) is 0.901. The van der Waals surface area contributed by atoms with Crippen molar-refractivity contribution >= 4 is 68.7 Å². The van der Waals surface area contributed by atoms with Gasteiger partial charge in [0.1, 0.15) is 0 Å². The molecule has 0 radical (unpaired) electrons. The average Bonchev–Trinajstić information content (AvgIpc) is 2.72. The van der Waals surface area contributed by atoms with Crippen LogP contribution < -0.4 is 5.32 Å². The summed E-state index contributed by atoms with van der Waals surface area (Å²) >= 11 is 14.9. The molecule has 0 aliphatic rings. The molecule has 0 bridgehead atoms. The molecule has 0 aliphatic heterocycles. The Morgan fingerprint density at radius 1 is 1.28 bits per heavy atom. The fourth-order valence-corrected chi connectivity index (χ4v) is 3.07. The second-order valence-electron chi connectivity index (χ2n) is 3.35. The molecular weight excluding hydrogens is 411 g/mol. The molecule has 18 heavy (non-hydrogen) atoms. The van der Waals surface area contributed by atoms with Crippen LogP contribution in [0.1, 0.15) is 10.4 Å². The van der Waals surface area contributed by atoms with Crippen molar-refractivity contribution in [1.29, 1.82) is 0 Å². The summed E-state index contributed by atoms with van der Waals surface area (Å²) in [4.78, 5) is 11.8. The molecule has 0 fully saturated rings. The van der Waals surface area contributed by atoms with Gasteiger partial charge in [-0.25, -0.2) is 4.39 Å². The van der Waals surface area contributed by atoms with Gasteiger partial charge < -0.3 is 5.32 Å². The third-order valence-electron chi connectivity index (χ3n) is 2.07. The number of rotatable bonds is 2. The first-order valence-electron chi connectivity index (χ1n) is 4.67. The number of amides is 1. The molecule has 94 valence electrons. The molecule has 0 unspecified atom stereocenters. The second-order valence-corrected chi connectivity index (χ2v) is 6.97. The maximum Gasteiger partial charge on any atom is 0.256 e. The Balaban J connectivity index is 2.22. The summed E-state index contributed by atoms with van der Waals surface area (Å²) in [6.45, 7) is 0. The van der Waals surface area contributed by atoms with Crippen molar-refractivity contribution in [1.82, 2.24) is 0 Å². The van der Waals surface area contributed by atoms with Gasteiger partial charge in [0.25, 0.3) is 5.91 Å². The number of carbonyl (C=O) groups is 1. The van der Waals surface area contributed by atoms with Gasteiger partial charge in [-0.1, -0.05) is 23.2 Å². The van der Waals surface area contributed by atoms with Crippen LogP contribution in [0.25, 0.3) is 0 Å². The number of benzene rings is 1. The SMILES string of the molecule is O=C(Nc1cc(Cl)c(F)c(Cl)c1)c1csc(I)c1. The summed E-state index contributed by atoms with van der Waals surface area (Å²) in [6.07, 6.45) is 0. The molecule has 0 saturated carbocycles. The minimum absolute atomic E-state index is 0.127. The Hall–Kier alpha value is -0.370. The molecule has 1 aromatic heterocycles. The Morgan fingerprint density at radius 2 is 1.89 bits per heavy atom. The fourth-order valence-electron chi connectivity index (χ4n) is 1.26. The van der Waals surface area contributed by atoms with Gasteiger partial charge in [-0.2, -0.15) is 0 Å². The lowest BCUT2D eigenvalue weighted by Crippen LogP contribution is -2.10. The highest BCUT2D eigenvalue weighted by Gasteiger charge is 2.12. The van der Waals surface area contributed by atoms with Crippen molar-refractivity contribution in [2.75, 3.05) is 5.32 Å². The molecular formula is C11H5Cl2FINOS. The number of hydrogen-bond acceptors (Lipinski definition) is 2. The van der Waals surface area contributed by atoms with E-state index in [0.29, 0.717) is 11.3 Å². The molecule has 0 atom stereocenters. The Morgan fingerprint density at radius 3 is 2.39 bits per heavy atom. The van der Waals surface area contributed by atoms with Crippen LogP contribution in [0.5, 0.6) is 0 Å². The van der Waals surface area contributed by atoms with Gasteiger partial charge in [0, 0.05) is 11.1 Å². The van der Waals surface area contributed by atoms with Crippen molar-refractivity contribution in [3.05, 3.63) is 47.9 Å². The van der Waals surface area contributed by atoms with Crippen molar-refractivity contribution in [3.63, 3.8) is 0 Å². The Labute approximate surface area is 130 Å². The first kappa shape index (κ1) is 14.0. The molecule has 2 nitrogen and oxygen atoms in total. The van der Waals surface area contributed by atoms with Gasteiger partial charge in [-0.3, -0.25) is 4.79 Å². The van der Waals surface area contributed by atoms with Crippen LogP contribution in [-0.2, 0) is 0 Å². The highest BCUT2D eigenvalue weighted by Crippen LogP contribution is 2.27. The number of nitrogens with one attached hydrogen (secondary N) is 1. The summed E-state index contributed by atoms with van der Waals surface area (Å²) in [7, 11) is 0. The molecule has 0 saturated heterocycles. The molecule has 1 heterocycles. The van der Waals surface area contributed by atoms with Crippen LogP contribution in [-0.4, -0.2) is 5.91 Å². The van der Waals surface area contributed by atoms with Gasteiger partial charge in [0.2, 0.25) is 0 Å². The maximum atomic E-state index is 13.2. The summed E-state index contributed by atoms with van der Waals surface area (Å²) < 4.78 is 14.2. The molecule has 0 aliphatic carbocycles. The van der Waals surface area contributed by atoms with Crippen molar-refractivity contribution in [3.8, 4) is 0 Å². The van der Waals surface area contributed by atoms with Crippen LogP contribution in [0, 0.1) is 8.70 Å². The number of anilines is 1. The molecule has 2 rings (SSSR count). The van der Waals surface area contributed by atoms with E-state index < -0.39 is 5.82 Å². The van der Waals surface area contributed by atoms with Crippen molar-refractivity contribution in [2.24, 2.45) is 0 Å². The zero-order chi connectivity index (χ0) is 13.3. The zero-order valence-corrected chi connectivity index (χ0v) is 13.1. The van der Waals surface area contributed by atoms with Crippen LogP contribution in [0.15, 0.2) is 23.6 Å². The number of hydrogen-bond donors (Lipinski definition) is 1. The van der Waals surface area contributed by atoms with E-state index in [1.165, 1.54) is 23.5 Å². The van der Waals surface area contributed by atoms with E-state index >= 15 is 0 Å². The topological polar surface area (TPSA) is 29.1 Å². The van der Waals surface area contributed by atoms with Crippen LogP contribution in [0.4, 0.5) is 10.1 Å². The first-order chi connectivity index (χ1) is 8.47. The summed E-state index contributed by atoms with van der Waals surface area (Å²) in [5.74, 6) is -0.977. The molecule has 1 aromatic carbocycles. The van der Waals surface area contributed by atoms with E-state index in [1.54, 1.807) is 11.4 Å². The lowest BCUT2D eigenvalue weighted by atomic mass is 10.2. The van der Waals surface area contributed by atoms with E-state index in [0.717, 1.165) is 2.88 Å². The lowest BCUT2D eigenvalue weighted by Gasteiger charge is -2.06. The highest BCUT2D eigenvalue weighted by molar-refractivity contribution is 14.1. The van der Waals surface area contributed by atoms with Crippen LogP contribution in [0.3, 0.4) is 0 Å². The van der Waals surface area contributed by atoms with Crippen LogP contribution >= 0.6 is 57.1 Å². The van der Waals surface area contributed by atoms with Crippen molar-refractivity contribution < 1.29 is 9.18 Å². The molecule has 7 heteroatoms. The van der Waals surface area contributed by atoms with Gasteiger partial charge in [0.15, 0.2) is 5.82 Å². The van der Waals surface area contributed by atoms with Crippen LogP contribution in [0.2, 0.25) is 10.0 Å². The normalized spacial score (nSPS) is 10.4. The molecule has 1 amide bonds. The minimum Gasteiger partial charge on any atom is -0.322 e. The van der Waals surface area contributed by atoms with E-state index in [4.69, 9.17) is 23.2 Å².